The second-order valence-corrected chi connectivity index (χ2v) is 5.75. The van der Waals surface area contributed by atoms with E-state index in [1.807, 2.05) is 0 Å². The van der Waals surface area contributed by atoms with Gasteiger partial charge in [0.15, 0.2) is 11.6 Å². The monoisotopic (exact) mass is 354 g/mol. The van der Waals surface area contributed by atoms with E-state index in [4.69, 9.17) is 4.42 Å². The minimum absolute atomic E-state index is 0.131. The molecule has 0 aliphatic rings. The number of rotatable bonds is 6. The first kappa shape index (κ1) is 15.8. The van der Waals surface area contributed by atoms with Gasteiger partial charge in [-0.15, -0.1) is 5.10 Å². The predicted molar refractivity (Wildman–Crippen MR) is 88.6 cm³/mol. The lowest BCUT2D eigenvalue weighted by atomic mass is 10.2. The van der Waals surface area contributed by atoms with Gasteiger partial charge in [0, 0.05) is 18.3 Å². The summed E-state index contributed by atoms with van der Waals surface area (Å²) in [5.74, 6) is -1.55. The van der Waals surface area contributed by atoms with Crippen molar-refractivity contribution in [1.29, 1.82) is 0 Å². The highest BCUT2D eigenvalue weighted by atomic mass is 16.4. The van der Waals surface area contributed by atoms with Gasteiger partial charge in [0.1, 0.15) is 5.69 Å². The number of carboxylic acid groups (broad SMARTS) is 1. The number of benzene rings is 1. The number of aliphatic carboxylic acids is 1. The van der Waals surface area contributed by atoms with Crippen LogP contribution in [0.3, 0.4) is 0 Å². The van der Waals surface area contributed by atoms with Crippen LogP contribution in [0.5, 0.6) is 0 Å². The number of hydrogen-bond acceptors (Lipinski definition) is 6. The highest BCUT2D eigenvalue weighted by Gasteiger charge is 2.23. The third-order valence-electron chi connectivity index (χ3n) is 4.02. The number of imidazole rings is 1. The molecule has 0 aliphatic heterocycles. The number of para-hydroxylation sites is 2. The SMILES string of the molecule is O=C(O)[C@H](Cc1cnc[nH]1)n1cc(Cn2c(=O)oc3ccccc32)nn1. The molecule has 0 radical (unpaired) electrons. The molecule has 10 nitrogen and oxygen atoms in total. The maximum Gasteiger partial charge on any atom is 0.420 e. The molecular weight excluding hydrogens is 340 g/mol. The van der Waals surface area contributed by atoms with Crippen LogP contribution in [0.4, 0.5) is 0 Å². The largest absolute Gasteiger partial charge is 0.480 e. The summed E-state index contributed by atoms with van der Waals surface area (Å²) in [5, 5.41) is 17.4. The van der Waals surface area contributed by atoms with Crippen LogP contribution in [0.2, 0.25) is 0 Å². The van der Waals surface area contributed by atoms with Crippen LogP contribution in [0, 0.1) is 0 Å². The summed E-state index contributed by atoms with van der Waals surface area (Å²) in [6.07, 6.45) is 4.75. The van der Waals surface area contributed by atoms with E-state index in [0.717, 1.165) is 0 Å². The Balaban J connectivity index is 1.61. The molecule has 3 aromatic heterocycles. The molecule has 2 N–H and O–H groups in total. The molecular formula is C16H14N6O4. The van der Waals surface area contributed by atoms with E-state index in [1.54, 1.807) is 30.5 Å². The number of aromatic amines is 1. The molecule has 4 rings (SSSR count). The molecule has 0 fully saturated rings. The van der Waals surface area contributed by atoms with Crippen molar-refractivity contribution in [2.24, 2.45) is 0 Å². The number of hydrogen-bond donors (Lipinski definition) is 2. The number of nitrogens with zero attached hydrogens (tertiary/aromatic N) is 5. The van der Waals surface area contributed by atoms with E-state index in [2.05, 4.69) is 20.3 Å². The maximum atomic E-state index is 12.0. The van der Waals surface area contributed by atoms with Crippen LogP contribution in [0.1, 0.15) is 17.4 Å². The minimum atomic E-state index is -1.04. The Morgan fingerprint density at radius 2 is 2.19 bits per heavy atom. The average molecular weight is 354 g/mol. The van der Waals surface area contributed by atoms with Gasteiger partial charge in [0.05, 0.1) is 24.6 Å². The zero-order valence-electron chi connectivity index (χ0n) is 13.4. The van der Waals surface area contributed by atoms with E-state index in [9.17, 15) is 14.7 Å². The Morgan fingerprint density at radius 1 is 1.35 bits per heavy atom. The Morgan fingerprint density at radius 3 is 2.96 bits per heavy atom. The first-order valence-corrected chi connectivity index (χ1v) is 7.81. The molecule has 0 amide bonds. The second-order valence-electron chi connectivity index (χ2n) is 5.75. The van der Waals surface area contributed by atoms with Crippen LogP contribution in [0.25, 0.3) is 11.1 Å². The molecule has 0 spiro atoms. The van der Waals surface area contributed by atoms with Gasteiger partial charge >= 0.3 is 11.7 Å². The van der Waals surface area contributed by atoms with E-state index in [0.29, 0.717) is 22.5 Å². The number of carbonyl (C=O) groups is 1. The summed E-state index contributed by atoms with van der Waals surface area (Å²) < 4.78 is 7.88. The van der Waals surface area contributed by atoms with Crippen molar-refractivity contribution < 1.29 is 14.3 Å². The van der Waals surface area contributed by atoms with Gasteiger partial charge in [-0.2, -0.15) is 0 Å². The van der Waals surface area contributed by atoms with Gasteiger partial charge in [-0.3, -0.25) is 4.57 Å². The van der Waals surface area contributed by atoms with Crippen molar-refractivity contribution in [1.82, 2.24) is 29.5 Å². The number of fused-ring (bicyclic) bond motifs is 1. The first-order chi connectivity index (χ1) is 12.6. The molecule has 3 heterocycles. The zero-order valence-corrected chi connectivity index (χ0v) is 13.4. The number of H-pyrrole nitrogens is 1. The Labute approximate surface area is 145 Å². The van der Waals surface area contributed by atoms with Crippen LogP contribution < -0.4 is 5.76 Å². The van der Waals surface area contributed by atoms with E-state index < -0.39 is 17.8 Å². The van der Waals surface area contributed by atoms with Crippen LogP contribution in [0.15, 0.2) is 52.2 Å². The van der Waals surface area contributed by atoms with Crippen LogP contribution >= 0.6 is 0 Å². The molecule has 10 heteroatoms. The average Bonchev–Trinajstić information content (AvgIpc) is 3.34. The first-order valence-electron chi connectivity index (χ1n) is 7.81. The summed E-state index contributed by atoms with van der Waals surface area (Å²) in [7, 11) is 0. The third-order valence-corrected chi connectivity index (χ3v) is 4.02. The molecule has 1 aromatic carbocycles. The zero-order chi connectivity index (χ0) is 18.1. The second kappa shape index (κ2) is 6.31. The number of carboxylic acids is 1. The van der Waals surface area contributed by atoms with Crippen molar-refractivity contribution in [3.05, 3.63) is 64.9 Å². The fraction of sp³-hybridized carbons (Fsp3) is 0.188. The molecule has 0 unspecified atom stereocenters. The Bertz CT molecular complexity index is 1110. The van der Waals surface area contributed by atoms with E-state index in [-0.39, 0.29) is 13.0 Å². The smallest absolute Gasteiger partial charge is 0.420 e. The lowest BCUT2D eigenvalue weighted by Crippen LogP contribution is -2.22. The van der Waals surface area contributed by atoms with Gasteiger partial charge in [-0.05, 0) is 12.1 Å². The van der Waals surface area contributed by atoms with Crippen LogP contribution in [-0.2, 0) is 17.8 Å². The highest BCUT2D eigenvalue weighted by Crippen LogP contribution is 2.15. The lowest BCUT2D eigenvalue weighted by molar-refractivity contribution is -0.141. The quantitative estimate of drug-likeness (QED) is 0.524. The van der Waals surface area contributed by atoms with Crippen molar-refractivity contribution >= 4 is 17.1 Å². The van der Waals surface area contributed by atoms with Gasteiger partial charge in [-0.25, -0.2) is 19.3 Å². The predicted octanol–water partition coefficient (Wildman–Crippen LogP) is 0.826. The molecule has 26 heavy (non-hydrogen) atoms. The van der Waals surface area contributed by atoms with Gasteiger partial charge in [0.2, 0.25) is 0 Å². The fourth-order valence-corrected chi connectivity index (χ4v) is 2.76. The maximum absolute atomic E-state index is 12.0. The summed E-state index contributed by atoms with van der Waals surface area (Å²) in [5.41, 5.74) is 2.24. The van der Waals surface area contributed by atoms with Gasteiger partial charge in [-0.1, -0.05) is 17.3 Å². The van der Waals surface area contributed by atoms with Crippen LogP contribution in [-0.4, -0.2) is 40.6 Å². The van der Waals surface area contributed by atoms with Crippen molar-refractivity contribution in [2.45, 2.75) is 19.0 Å². The Kier molecular flexibility index (Phi) is 3.84. The molecule has 0 saturated heterocycles. The molecule has 0 bridgehead atoms. The van der Waals surface area contributed by atoms with Crippen molar-refractivity contribution in [3.8, 4) is 0 Å². The number of oxazole rings is 1. The molecule has 1 atom stereocenters. The number of nitrogens with one attached hydrogen (secondary N) is 1. The van der Waals surface area contributed by atoms with Gasteiger partial charge in [0.25, 0.3) is 0 Å². The van der Waals surface area contributed by atoms with Crippen molar-refractivity contribution in [3.63, 3.8) is 0 Å². The minimum Gasteiger partial charge on any atom is -0.480 e. The van der Waals surface area contributed by atoms with E-state index in [1.165, 1.54) is 21.8 Å². The fourth-order valence-electron chi connectivity index (χ4n) is 2.76. The topological polar surface area (TPSA) is 132 Å². The summed E-state index contributed by atoms with van der Waals surface area (Å²) in [4.78, 5) is 30.4. The Hall–Kier alpha value is -3.69. The molecule has 0 aliphatic carbocycles. The van der Waals surface area contributed by atoms with Crippen molar-refractivity contribution in [2.75, 3.05) is 0 Å². The summed E-state index contributed by atoms with van der Waals surface area (Å²) in [6.45, 7) is 0.131. The summed E-state index contributed by atoms with van der Waals surface area (Å²) in [6, 6.07) is 6.11. The highest BCUT2D eigenvalue weighted by molar-refractivity contribution is 5.73. The molecule has 0 saturated carbocycles. The number of aromatic nitrogens is 6. The summed E-state index contributed by atoms with van der Waals surface area (Å²) >= 11 is 0. The van der Waals surface area contributed by atoms with E-state index >= 15 is 0 Å². The lowest BCUT2D eigenvalue weighted by Gasteiger charge is -2.10. The van der Waals surface area contributed by atoms with Gasteiger partial charge < -0.3 is 14.5 Å². The molecule has 132 valence electrons. The normalized spacial score (nSPS) is 12.5. The molecule has 4 aromatic rings. The standard InChI is InChI=1S/C16H14N6O4/c23-15(24)13(5-10-6-17-9-18-10)22-8-11(19-20-22)7-21-12-3-1-2-4-14(12)26-16(21)25/h1-4,6,8-9,13H,5,7H2,(H,17,18)(H,23,24)/t13-/m0/s1. The third kappa shape index (κ3) is 2.88.